The van der Waals surface area contributed by atoms with Gasteiger partial charge in [0.2, 0.25) is 11.8 Å². The second-order valence-electron chi connectivity index (χ2n) is 2.35. The first-order valence-corrected chi connectivity index (χ1v) is 3.90. The predicted octanol–water partition coefficient (Wildman–Crippen LogP) is -0.430. The zero-order valence-electron chi connectivity index (χ0n) is 6.04. The van der Waals surface area contributed by atoms with Crippen molar-refractivity contribution in [2.45, 2.75) is 12.8 Å². The normalized spacial score (nSPS) is 18.1. The number of hydrogen-bond acceptors (Lipinski definition) is 4. The van der Waals surface area contributed by atoms with Gasteiger partial charge in [-0.05, 0) is 0 Å². The Bertz CT molecular complexity index is 167. The second kappa shape index (κ2) is 3.73. The third-order valence-corrected chi connectivity index (χ3v) is 1.83. The lowest BCUT2D eigenvalue weighted by Crippen LogP contribution is -2.33. The van der Waals surface area contributed by atoms with E-state index in [0.717, 1.165) is 0 Å². The molecule has 0 radical (unpaired) electrons. The summed E-state index contributed by atoms with van der Waals surface area (Å²) in [5.74, 6) is -0.142. The first-order chi connectivity index (χ1) is 5.25. The molecule has 4 nitrogen and oxygen atoms in total. The van der Waals surface area contributed by atoms with Crippen LogP contribution in [-0.2, 0) is 9.59 Å². The van der Waals surface area contributed by atoms with Crippen molar-refractivity contribution in [3.05, 3.63) is 0 Å². The summed E-state index contributed by atoms with van der Waals surface area (Å²) in [6, 6.07) is 0. The van der Waals surface area contributed by atoms with Gasteiger partial charge in [0.25, 0.3) is 0 Å². The van der Waals surface area contributed by atoms with Gasteiger partial charge in [-0.3, -0.25) is 19.2 Å². The van der Waals surface area contributed by atoms with Gasteiger partial charge >= 0.3 is 0 Å². The molecule has 0 aromatic rings. The van der Waals surface area contributed by atoms with Crippen LogP contribution in [0.1, 0.15) is 12.8 Å². The summed E-state index contributed by atoms with van der Waals surface area (Å²) in [5.41, 5.74) is 0. The maximum Gasteiger partial charge on any atom is 0.229 e. The first kappa shape index (κ1) is 8.55. The molecule has 0 saturated carbocycles. The minimum Gasteiger partial charge on any atom is -0.281 e. The van der Waals surface area contributed by atoms with Crippen molar-refractivity contribution in [1.82, 2.24) is 9.62 Å². The van der Waals surface area contributed by atoms with E-state index >= 15 is 0 Å². The van der Waals surface area contributed by atoms with E-state index in [1.54, 1.807) is 0 Å². The van der Waals surface area contributed by atoms with Gasteiger partial charge in [0.05, 0.1) is 0 Å². The van der Waals surface area contributed by atoms with Crippen LogP contribution >= 0.6 is 12.8 Å². The largest absolute Gasteiger partial charge is 0.281 e. The van der Waals surface area contributed by atoms with Gasteiger partial charge in [0, 0.05) is 25.9 Å². The number of carbonyl (C=O) groups is 2. The fourth-order valence-electron chi connectivity index (χ4n) is 1.03. The predicted molar refractivity (Wildman–Crippen MR) is 42.9 cm³/mol. The van der Waals surface area contributed by atoms with Crippen molar-refractivity contribution < 1.29 is 9.59 Å². The van der Waals surface area contributed by atoms with Crippen molar-refractivity contribution in [3.63, 3.8) is 0 Å². The van der Waals surface area contributed by atoms with E-state index in [9.17, 15) is 9.59 Å². The molecular weight excluding hydrogens is 164 g/mol. The summed E-state index contributed by atoms with van der Waals surface area (Å²) in [4.78, 5) is 23.2. The van der Waals surface area contributed by atoms with E-state index in [4.69, 9.17) is 0 Å². The molecule has 5 heteroatoms. The van der Waals surface area contributed by atoms with E-state index in [1.807, 2.05) is 0 Å². The zero-order valence-corrected chi connectivity index (χ0v) is 6.93. The average molecular weight is 174 g/mol. The molecule has 11 heavy (non-hydrogen) atoms. The second-order valence-corrected chi connectivity index (χ2v) is 2.66. The molecule has 1 aliphatic rings. The molecule has 1 N–H and O–H groups in total. The topological polar surface area (TPSA) is 49.4 Å². The van der Waals surface area contributed by atoms with Crippen molar-refractivity contribution in [3.8, 4) is 0 Å². The van der Waals surface area contributed by atoms with Crippen LogP contribution in [0, 0.1) is 0 Å². The van der Waals surface area contributed by atoms with Crippen LogP contribution in [0.5, 0.6) is 0 Å². The molecule has 0 spiro atoms. The third-order valence-electron chi connectivity index (χ3n) is 1.60. The Labute approximate surface area is 70.5 Å². The van der Waals surface area contributed by atoms with Crippen molar-refractivity contribution in [2.24, 2.45) is 0 Å². The minimum absolute atomic E-state index is 0.0708. The maximum absolute atomic E-state index is 10.9. The molecule has 0 aromatic carbocycles. The highest BCUT2D eigenvalue weighted by molar-refractivity contribution is 7.78. The Morgan fingerprint density at radius 3 is 2.36 bits per heavy atom. The van der Waals surface area contributed by atoms with E-state index < -0.39 is 0 Å². The Hall–Kier alpha value is -0.550. The van der Waals surface area contributed by atoms with Crippen LogP contribution in [0.2, 0.25) is 0 Å². The smallest absolute Gasteiger partial charge is 0.229 e. The maximum atomic E-state index is 10.9. The highest BCUT2D eigenvalue weighted by atomic mass is 32.1. The molecule has 1 saturated heterocycles. The highest BCUT2D eigenvalue weighted by Crippen LogP contribution is 2.10. The summed E-state index contributed by atoms with van der Waals surface area (Å²) in [7, 11) is 0. The van der Waals surface area contributed by atoms with Crippen LogP contribution in [0.3, 0.4) is 0 Å². The van der Waals surface area contributed by atoms with Crippen molar-refractivity contribution in [2.75, 3.05) is 13.1 Å². The van der Waals surface area contributed by atoms with Gasteiger partial charge in [-0.15, -0.1) is 0 Å². The Kier molecular flexibility index (Phi) is 2.90. The average Bonchev–Trinajstić information content (AvgIpc) is 2.29. The van der Waals surface area contributed by atoms with E-state index in [2.05, 4.69) is 17.5 Å². The number of thiol groups is 1. The highest BCUT2D eigenvalue weighted by Gasteiger charge is 2.27. The zero-order chi connectivity index (χ0) is 8.27. The van der Waals surface area contributed by atoms with Crippen molar-refractivity contribution >= 4 is 24.6 Å². The number of likely N-dealkylation sites (tertiary alicyclic amines) is 1. The van der Waals surface area contributed by atoms with Gasteiger partial charge in [-0.25, -0.2) is 0 Å². The quantitative estimate of drug-likeness (QED) is 0.451. The first-order valence-electron chi connectivity index (χ1n) is 3.46. The van der Waals surface area contributed by atoms with Gasteiger partial charge in [-0.2, -0.15) is 0 Å². The molecule has 0 aromatic heterocycles. The fraction of sp³-hybridized carbons (Fsp3) is 0.667. The van der Waals surface area contributed by atoms with Gasteiger partial charge in [0.1, 0.15) is 0 Å². The molecule has 62 valence electrons. The van der Waals surface area contributed by atoms with Crippen LogP contribution in [0.4, 0.5) is 0 Å². The molecular formula is C6H10N2O2S. The van der Waals surface area contributed by atoms with E-state index in [1.165, 1.54) is 4.90 Å². The number of imide groups is 1. The summed E-state index contributed by atoms with van der Waals surface area (Å²) < 4.78 is 2.58. The van der Waals surface area contributed by atoms with Crippen LogP contribution in [0.15, 0.2) is 0 Å². The molecule has 1 fully saturated rings. The van der Waals surface area contributed by atoms with Gasteiger partial charge in [-0.1, -0.05) is 12.8 Å². The molecule has 0 unspecified atom stereocenters. The summed E-state index contributed by atoms with van der Waals surface area (Å²) in [5, 5.41) is 0. The molecule has 2 amide bonds. The lowest BCUT2D eigenvalue weighted by molar-refractivity contribution is -0.138. The lowest BCUT2D eigenvalue weighted by Gasteiger charge is -2.11. The molecule has 1 heterocycles. The minimum atomic E-state index is -0.0708. The van der Waals surface area contributed by atoms with E-state index in [0.29, 0.717) is 25.9 Å². The summed E-state index contributed by atoms with van der Waals surface area (Å²) in [6.45, 7) is 0.974. The van der Waals surface area contributed by atoms with Crippen LogP contribution in [0.25, 0.3) is 0 Å². The van der Waals surface area contributed by atoms with Crippen LogP contribution in [-0.4, -0.2) is 29.8 Å². The number of nitrogens with zero attached hydrogens (tertiary/aromatic N) is 1. The molecule has 0 bridgehead atoms. The van der Waals surface area contributed by atoms with Crippen LogP contribution < -0.4 is 4.72 Å². The Morgan fingerprint density at radius 2 is 1.91 bits per heavy atom. The number of amides is 2. The fourth-order valence-corrected chi connectivity index (χ4v) is 1.13. The number of hydrogen-bond donors (Lipinski definition) is 2. The third kappa shape index (κ3) is 1.94. The number of nitrogens with one attached hydrogen (secondary N) is 1. The van der Waals surface area contributed by atoms with Gasteiger partial charge in [0.15, 0.2) is 0 Å². The Morgan fingerprint density at radius 1 is 1.36 bits per heavy atom. The molecule has 0 atom stereocenters. The monoisotopic (exact) mass is 174 g/mol. The Balaban J connectivity index is 2.41. The summed E-state index contributed by atoms with van der Waals surface area (Å²) >= 11 is 3.75. The standard InChI is InChI=1S/C6H10N2O2S/c9-5-1-2-6(10)8(5)4-3-7-11/h7,11H,1-4H2. The SMILES string of the molecule is O=C1CCC(=O)N1CCNS. The number of rotatable bonds is 3. The lowest BCUT2D eigenvalue weighted by atomic mass is 10.4. The van der Waals surface area contributed by atoms with Gasteiger partial charge < -0.3 is 0 Å². The summed E-state index contributed by atoms with van der Waals surface area (Å²) in [6.07, 6.45) is 0.733. The molecule has 0 aliphatic carbocycles. The number of carbonyl (C=O) groups excluding carboxylic acids is 2. The molecule has 1 rings (SSSR count). The van der Waals surface area contributed by atoms with Crippen molar-refractivity contribution in [1.29, 1.82) is 0 Å². The van der Waals surface area contributed by atoms with E-state index in [-0.39, 0.29) is 11.8 Å². The molecule has 1 aliphatic heterocycles.